The molecule has 0 unspecified atom stereocenters. The van der Waals surface area contributed by atoms with Crippen molar-refractivity contribution in [2.24, 2.45) is 0 Å². The van der Waals surface area contributed by atoms with Crippen molar-refractivity contribution < 1.29 is 4.39 Å². The molecular formula is C21H23FN6. The van der Waals surface area contributed by atoms with Gasteiger partial charge in [-0.15, -0.1) is 0 Å². The molecule has 0 aliphatic carbocycles. The topological polar surface area (TPSA) is 48.4 Å². The first-order chi connectivity index (χ1) is 13.7. The van der Waals surface area contributed by atoms with Crippen LogP contribution in [0.2, 0.25) is 0 Å². The molecule has 1 aromatic carbocycles. The first kappa shape index (κ1) is 17.3. The van der Waals surface area contributed by atoms with Gasteiger partial charge in [-0.2, -0.15) is 0 Å². The van der Waals surface area contributed by atoms with E-state index in [4.69, 9.17) is 0 Å². The lowest BCUT2D eigenvalue weighted by Crippen LogP contribution is -2.63. The van der Waals surface area contributed by atoms with Gasteiger partial charge in [-0.05, 0) is 43.3 Å². The van der Waals surface area contributed by atoms with Crippen LogP contribution in [0.5, 0.6) is 0 Å². The van der Waals surface area contributed by atoms with Gasteiger partial charge in [-0.1, -0.05) is 0 Å². The zero-order valence-corrected chi connectivity index (χ0v) is 15.9. The molecule has 2 fully saturated rings. The third-order valence-electron chi connectivity index (χ3n) is 5.75. The zero-order valence-electron chi connectivity index (χ0n) is 15.9. The Morgan fingerprint density at radius 1 is 0.929 bits per heavy atom. The Bertz CT molecular complexity index is 978. The lowest BCUT2D eigenvalue weighted by atomic mass is 10.0. The van der Waals surface area contributed by atoms with Crippen LogP contribution in [0.25, 0.3) is 11.0 Å². The Labute approximate surface area is 163 Å². The second-order valence-corrected chi connectivity index (χ2v) is 7.53. The van der Waals surface area contributed by atoms with E-state index in [1.807, 2.05) is 31.2 Å². The summed E-state index contributed by atoms with van der Waals surface area (Å²) in [4.78, 5) is 20.7. The molecule has 0 spiro atoms. The lowest BCUT2D eigenvalue weighted by Gasteiger charge is -2.49. The third-order valence-corrected chi connectivity index (χ3v) is 5.75. The second-order valence-electron chi connectivity index (χ2n) is 7.53. The minimum Gasteiger partial charge on any atom is -0.369 e. The van der Waals surface area contributed by atoms with Crippen LogP contribution < -0.4 is 9.80 Å². The van der Waals surface area contributed by atoms with E-state index in [-0.39, 0.29) is 5.82 Å². The van der Waals surface area contributed by atoms with E-state index in [2.05, 4.69) is 29.7 Å². The van der Waals surface area contributed by atoms with Crippen LogP contribution in [0.1, 0.15) is 5.82 Å². The predicted molar refractivity (Wildman–Crippen MR) is 108 cm³/mol. The summed E-state index contributed by atoms with van der Waals surface area (Å²) in [6, 6.07) is 11.3. The summed E-state index contributed by atoms with van der Waals surface area (Å²) in [6.45, 7) is 7.89. The fraction of sp³-hybridized carbons (Fsp3) is 0.381. The number of hydrogen-bond acceptors (Lipinski definition) is 6. The molecule has 2 aliphatic rings. The van der Waals surface area contributed by atoms with Crippen molar-refractivity contribution in [2.75, 3.05) is 49.1 Å². The number of piperazine rings is 1. The predicted octanol–water partition coefficient (Wildman–Crippen LogP) is 2.48. The largest absolute Gasteiger partial charge is 0.369 e. The van der Waals surface area contributed by atoms with Gasteiger partial charge < -0.3 is 9.80 Å². The van der Waals surface area contributed by atoms with Crippen molar-refractivity contribution >= 4 is 22.5 Å². The van der Waals surface area contributed by atoms with Crippen molar-refractivity contribution in [1.29, 1.82) is 0 Å². The highest BCUT2D eigenvalue weighted by Crippen LogP contribution is 2.29. The van der Waals surface area contributed by atoms with E-state index >= 15 is 0 Å². The molecule has 144 valence electrons. The molecule has 0 atom stereocenters. The number of nitrogens with zero attached hydrogens (tertiary/aromatic N) is 6. The molecular weight excluding hydrogens is 355 g/mol. The van der Waals surface area contributed by atoms with Gasteiger partial charge in [0.1, 0.15) is 17.5 Å². The third kappa shape index (κ3) is 3.16. The number of benzene rings is 1. The normalized spacial score (nSPS) is 18.5. The van der Waals surface area contributed by atoms with E-state index in [9.17, 15) is 4.39 Å². The van der Waals surface area contributed by atoms with Crippen LogP contribution in [-0.2, 0) is 0 Å². The van der Waals surface area contributed by atoms with Crippen molar-refractivity contribution in [1.82, 2.24) is 19.9 Å². The molecule has 7 heteroatoms. The van der Waals surface area contributed by atoms with Gasteiger partial charge in [0.05, 0.1) is 5.39 Å². The minimum absolute atomic E-state index is 0.181. The fourth-order valence-corrected chi connectivity index (χ4v) is 4.15. The SMILES string of the molecule is Cc1nc(N2CC(N3CCN(c4ccc(F)cc4)CC3)C2)c2cccnc2n1. The Morgan fingerprint density at radius 3 is 2.43 bits per heavy atom. The summed E-state index contributed by atoms with van der Waals surface area (Å²) in [7, 11) is 0. The van der Waals surface area contributed by atoms with Crippen LogP contribution in [0.4, 0.5) is 15.9 Å². The summed E-state index contributed by atoms with van der Waals surface area (Å²) < 4.78 is 13.1. The fourth-order valence-electron chi connectivity index (χ4n) is 4.15. The molecule has 6 nitrogen and oxygen atoms in total. The van der Waals surface area contributed by atoms with Crippen LogP contribution in [-0.4, -0.2) is 65.2 Å². The van der Waals surface area contributed by atoms with Gasteiger partial charge in [-0.25, -0.2) is 19.3 Å². The first-order valence-electron chi connectivity index (χ1n) is 9.76. The molecule has 0 bridgehead atoms. The molecule has 2 aliphatic heterocycles. The molecule has 0 saturated carbocycles. The van der Waals surface area contributed by atoms with Crippen LogP contribution in [0.3, 0.4) is 0 Å². The molecule has 2 saturated heterocycles. The molecule has 2 aromatic heterocycles. The van der Waals surface area contributed by atoms with E-state index < -0.39 is 0 Å². The second kappa shape index (κ2) is 6.98. The summed E-state index contributed by atoms with van der Waals surface area (Å²) in [6.07, 6.45) is 1.78. The Balaban J connectivity index is 1.22. The van der Waals surface area contributed by atoms with E-state index in [1.165, 1.54) is 12.1 Å². The van der Waals surface area contributed by atoms with Gasteiger partial charge >= 0.3 is 0 Å². The number of aryl methyl sites for hydroxylation is 1. The number of fused-ring (bicyclic) bond motifs is 1. The quantitative estimate of drug-likeness (QED) is 0.698. The number of rotatable bonds is 3. The van der Waals surface area contributed by atoms with Gasteiger partial charge in [0.25, 0.3) is 0 Å². The van der Waals surface area contributed by atoms with E-state index in [0.717, 1.165) is 67.6 Å². The summed E-state index contributed by atoms with van der Waals surface area (Å²) in [5.41, 5.74) is 1.87. The maximum atomic E-state index is 13.1. The smallest absolute Gasteiger partial charge is 0.164 e. The molecule has 0 amide bonds. The highest BCUT2D eigenvalue weighted by molar-refractivity contribution is 5.87. The average molecular weight is 378 g/mol. The number of hydrogen-bond donors (Lipinski definition) is 0. The summed E-state index contributed by atoms with van der Waals surface area (Å²) >= 11 is 0. The Kier molecular flexibility index (Phi) is 4.31. The summed E-state index contributed by atoms with van der Waals surface area (Å²) in [5.74, 6) is 1.58. The van der Waals surface area contributed by atoms with Gasteiger partial charge in [0.2, 0.25) is 0 Å². The van der Waals surface area contributed by atoms with Crippen molar-refractivity contribution in [3.05, 3.63) is 54.2 Å². The molecule has 0 N–H and O–H groups in total. The zero-order chi connectivity index (χ0) is 19.1. The molecule has 5 rings (SSSR count). The number of anilines is 2. The Hall–Kier alpha value is -2.80. The minimum atomic E-state index is -0.181. The molecule has 28 heavy (non-hydrogen) atoms. The van der Waals surface area contributed by atoms with Gasteiger partial charge in [0, 0.05) is 57.2 Å². The van der Waals surface area contributed by atoms with Crippen LogP contribution in [0, 0.1) is 12.7 Å². The van der Waals surface area contributed by atoms with Crippen molar-refractivity contribution in [3.63, 3.8) is 0 Å². The first-order valence-corrected chi connectivity index (χ1v) is 9.76. The van der Waals surface area contributed by atoms with Crippen LogP contribution in [0.15, 0.2) is 42.6 Å². The maximum Gasteiger partial charge on any atom is 0.164 e. The van der Waals surface area contributed by atoms with Gasteiger partial charge in [-0.3, -0.25) is 4.90 Å². The number of aromatic nitrogens is 3. The lowest BCUT2D eigenvalue weighted by molar-refractivity contribution is 0.157. The monoisotopic (exact) mass is 378 g/mol. The number of pyridine rings is 1. The summed E-state index contributed by atoms with van der Waals surface area (Å²) in [5, 5.41) is 1.02. The van der Waals surface area contributed by atoms with E-state index in [0.29, 0.717) is 6.04 Å². The van der Waals surface area contributed by atoms with Crippen molar-refractivity contribution in [2.45, 2.75) is 13.0 Å². The van der Waals surface area contributed by atoms with Crippen molar-refractivity contribution in [3.8, 4) is 0 Å². The average Bonchev–Trinajstić information content (AvgIpc) is 2.68. The van der Waals surface area contributed by atoms with Crippen LogP contribution >= 0.6 is 0 Å². The molecule has 0 radical (unpaired) electrons. The highest BCUT2D eigenvalue weighted by Gasteiger charge is 2.35. The maximum absolute atomic E-state index is 13.1. The number of halogens is 1. The Morgan fingerprint density at radius 2 is 1.68 bits per heavy atom. The standard InChI is InChI=1S/C21H23FN6/c1-15-24-20-19(3-2-8-23-20)21(25-15)28-13-18(14-28)27-11-9-26(10-12-27)17-6-4-16(22)5-7-17/h2-8,18H,9-14H2,1H3. The van der Waals surface area contributed by atoms with E-state index in [1.54, 1.807) is 6.20 Å². The highest BCUT2D eigenvalue weighted by atomic mass is 19.1. The molecule has 3 aromatic rings. The van der Waals surface area contributed by atoms with Gasteiger partial charge in [0.15, 0.2) is 5.65 Å². The molecule has 4 heterocycles.